The minimum Gasteiger partial charge on any atom is -0.329 e. The van der Waals surface area contributed by atoms with Crippen LogP contribution in [0.15, 0.2) is 30.3 Å². The van der Waals surface area contributed by atoms with Crippen molar-refractivity contribution in [2.75, 3.05) is 6.54 Å². The van der Waals surface area contributed by atoms with Gasteiger partial charge >= 0.3 is 0 Å². The molecule has 1 aromatic carbocycles. The Morgan fingerprint density at radius 3 is 2.47 bits per heavy atom. The van der Waals surface area contributed by atoms with Gasteiger partial charge < -0.3 is 11.1 Å². The van der Waals surface area contributed by atoms with Gasteiger partial charge in [0.25, 0.3) is 0 Å². The first-order valence-corrected chi connectivity index (χ1v) is 7.77. The van der Waals surface area contributed by atoms with Crippen molar-refractivity contribution in [1.29, 1.82) is 0 Å². The zero-order valence-electron chi connectivity index (χ0n) is 12.2. The van der Waals surface area contributed by atoms with Crippen LogP contribution in [-0.2, 0) is 6.54 Å². The second kappa shape index (κ2) is 7.06. The van der Waals surface area contributed by atoms with Crippen molar-refractivity contribution in [3.05, 3.63) is 35.9 Å². The highest BCUT2D eigenvalue weighted by atomic mass is 15.0. The summed E-state index contributed by atoms with van der Waals surface area (Å²) in [5.74, 6) is 0.934. The van der Waals surface area contributed by atoms with Gasteiger partial charge in [-0.1, -0.05) is 50.1 Å². The quantitative estimate of drug-likeness (QED) is 0.822. The van der Waals surface area contributed by atoms with Gasteiger partial charge in [0.2, 0.25) is 0 Å². The van der Waals surface area contributed by atoms with Crippen molar-refractivity contribution < 1.29 is 0 Å². The molecule has 1 aliphatic rings. The van der Waals surface area contributed by atoms with Gasteiger partial charge in [-0.05, 0) is 37.2 Å². The van der Waals surface area contributed by atoms with Crippen LogP contribution in [-0.4, -0.2) is 12.1 Å². The summed E-state index contributed by atoms with van der Waals surface area (Å²) in [7, 11) is 0. The van der Waals surface area contributed by atoms with Crippen LogP contribution in [0.1, 0.15) is 51.0 Å². The maximum absolute atomic E-state index is 6.06. The molecule has 1 aliphatic carbocycles. The Morgan fingerprint density at radius 2 is 1.89 bits per heavy atom. The zero-order valence-corrected chi connectivity index (χ0v) is 12.2. The van der Waals surface area contributed by atoms with Gasteiger partial charge in [0.15, 0.2) is 0 Å². The highest BCUT2D eigenvalue weighted by Gasteiger charge is 2.33. The summed E-state index contributed by atoms with van der Waals surface area (Å²) < 4.78 is 0. The van der Waals surface area contributed by atoms with Crippen LogP contribution in [0, 0.1) is 5.92 Å². The molecule has 0 aromatic heterocycles. The average molecular weight is 260 g/mol. The topological polar surface area (TPSA) is 38.0 Å². The van der Waals surface area contributed by atoms with Crippen LogP contribution in [0.25, 0.3) is 0 Å². The van der Waals surface area contributed by atoms with Gasteiger partial charge in [0, 0.05) is 18.6 Å². The molecule has 0 radical (unpaired) electrons. The maximum Gasteiger partial charge on any atom is 0.0307 e. The van der Waals surface area contributed by atoms with E-state index in [-0.39, 0.29) is 5.54 Å². The molecule has 1 saturated carbocycles. The Labute approximate surface area is 117 Å². The minimum atomic E-state index is 0.181. The summed E-state index contributed by atoms with van der Waals surface area (Å²) in [6, 6.07) is 10.6. The molecular weight excluding hydrogens is 232 g/mol. The molecule has 0 saturated heterocycles. The van der Waals surface area contributed by atoms with Crippen molar-refractivity contribution in [2.45, 2.75) is 57.5 Å². The standard InChI is InChI=1S/C17H28N2/c1-2-6-15-9-11-17(14-18,12-10-15)19-13-16-7-4-3-5-8-16/h3-5,7-8,15,19H,2,6,9-14,18H2,1H3. The lowest BCUT2D eigenvalue weighted by atomic mass is 9.75. The van der Waals surface area contributed by atoms with E-state index in [1.54, 1.807) is 0 Å². The van der Waals surface area contributed by atoms with Gasteiger partial charge in [0.1, 0.15) is 0 Å². The summed E-state index contributed by atoms with van der Waals surface area (Å²) in [5, 5.41) is 3.74. The number of nitrogens with one attached hydrogen (secondary N) is 1. The zero-order chi connectivity index (χ0) is 13.6. The number of nitrogens with two attached hydrogens (primary N) is 1. The lowest BCUT2D eigenvalue weighted by Gasteiger charge is -2.40. The third kappa shape index (κ3) is 4.05. The van der Waals surface area contributed by atoms with Gasteiger partial charge in [-0.15, -0.1) is 0 Å². The number of hydrogen-bond donors (Lipinski definition) is 2. The van der Waals surface area contributed by atoms with Crippen molar-refractivity contribution in [3.63, 3.8) is 0 Å². The largest absolute Gasteiger partial charge is 0.329 e. The summed E-state index contributed by atoms with van der Waals surface area (Å²) in [4.78, 5) is 0. The summed E-state index contributed by atoms with van der Waals surface area (Å²) in [6.45, 7) is 3.99. The minimum absolute atomic E-state index is 0.181. The molecule has 3 N–H and O–H groups in total. The molecule has 0 aliphatic heterocycles. The van der Waals surface area contributed by atoms with Crippen molar-refractivity contribution >= 4 is 0 Å². The first kappa shape index (κ1) is 14.5. The second-order valence-electron chi connectivity index (χ2n) is 6.06. The predicted octanol–water partition coefficient (Wildman–Crippen LogP) is 3.46. The van der Waals surface area contributed by atoms with E-state index in [4.69, 9.17) is 5.73 Å². The second-order valence-corrected chi connectivity index (χ2v) is 6.06. The van der Waals surface area contributed by atoms with Crippen LogP contribution < -0.4 is 11.1 Å². The molecular formula is C17H28N2. The molecule has 1 aromatic rings. The highest BCUT2D eigenvalue weighted by Crippen LogP contribution is 2.34. The van der Waals surface area contributed by atoms with Gasteiger partial charge in [-0.25, -0.2) is 0 Å². The maximum atomic E-state index is 6.06. The van der Waals surface area contributed by atoms with Crippen LogP contribution in [0.2, 0.25) is 0 Å². The fraction of sp³-hybridized carbons (Fsp3) is 0.647. The highest BCUT2D eigenvalue weighted by molar-refractivity contribution is 5.15. The molecule has 0 unspecified atom stereocenters. The fourth-order valence-corrected chi connectivity index (χ4v) is 3.27. The number of benzene rings is 1. The third-order valence-corrected chi connectivity index (χ3v) is 4.66. The Morgan fingerprint density at radius 1 is 1.21 bits per heavy atom. The Kier molecular flexibility index (Phi) is 5.41. The SMILES string of the molecule is CCCC1CCC(CN)(NCc2ccccc2)CC1. The predicted molar refractivity (Wildman–Crippen MR) is 81.9 cm³/mol. The lowest BCUT2D eigenvalue weighted by Crippen LogP contribution is -2.53. The molecule has 0 heterocycles. The van der Waals surface area contributed by atoms with E-state index in [0.717, 1.165) is 19.0 Å². The Balaban J connectivity index is 1.86. The van der Waals surface area contributed by atoms with Crippen LogP contribution in [0.4, 0.5) is 0 Å². The molecule has 0 bridgehead atoms. The van der Waals surface area contributed by atoms with Gasteiger partial charge in [-0.3, -0.25) is 0 Å². The monoisotopic (exact) mass is 260 g/mol. The van der Waals surface area contributed by atoms with Crippen LogP contribution in [0.5, 0.6) is 0 Å². The van der Waals surface area contributed by atoms with Crippen molar-refractivity contribution in [2.24, 2.45) is 11.7 Å². The molecule has 0 amide bonds. The summed E-state index contributed by atoms with van der Waals surface area (Å²) in [5.41, 5.74) is 7.59. The number of rotatable bonds is 6. The Bertz CT molecular complexity index is 353. The molecule has 19 heavy (non-hydrogen) atoms. The normalized spacial score (nSPS) is 27.4. The lowest BCUT2D eigenvalue weighted by molar-refractivity contribution is 0.186. The Hall–Kier alpha value is -0.860. The van der Waals surface area contributed by atoms with E-state index in [0.29, 0.717) is 0 Å². The first-order chi connectivity index (χ1) is 9.28. The smallest absolute Gasteiger partial charge is 0.0307 e. The summed E-state index contributed by atoms with van der Waals surface area (Å²) >= 11 is 0. The van der Waals surface area contributed by atoms with E-state index in [9.17, 15) is 0 Å². The third-order valence-electron chi connectivity index (χ3n) is 4.66. The molecule has 106 valence electrons. The molecule has 2 heteroatoms. The van der Waals surface area contributed by atoms with Crippen LogP contribution in [0.3, 0.4) is 0 Å². The van der Waals surface area contributed by atoms with E-state index in [2.05, 4.69) is 42.6 Å². The molecule has 0 spiro atoms. The van der Waals surface area contributed by atoms with Crippen molar-refractivity contribution in [3.8, 4) is 0 Å². The van der Waals surface area contributed by atoms with E-state index < -0.39 is 0 Å². The van der Waals surface area contributed by atoms with E-state index in [1.807, 2.05) is 0 Å². The van der Waals surface area contributed by atoms with E-state index >= 15 is 0 Å². The molecule has 2 rings (SSSR count). The number of hydrogen-bond acceptors (Lipinski definition) is 2. The van der Waals surface area contributed by atoms with Crippen LogP contribution >= 0.6 is 0 Å². The van der Waals surface area contributed by atoms with Crippen molar-refractivity contribution in [1.82, 2.24) is 5.32 Å². The average Bonchev–Trinajstić information content (AvgIpc) is 2.48. The van der Waals surface area contributed by atoms with Gasteiger partial charge in [0.05, 0.1) is 0 Å². The molecule has 0 atom stereocenters. The van der Waals surface area contributed by atoms with E-state index in [1.165, 1.54) is 44.1 Å². The molecule has 1 fully saturated rings. The summed E-state index contributed by atoms with van der Waals surface area (Å²) in [6.07, 6.45) is 7.86. The first-order valence-electron chi connectivity index (χ1n) is 7.77. The van der Waals surface area contributed by atoms with Gasteiger partial charge in [-0.2, -0.15) is 0 Å². The molecule has 2 nitrogen and oxygen atoms in total. The fourth-order valence-electron chi connectivity index (χ4n) is 3.27.